The molecule has 4 nitrogen and oxygen atoms in total. The van der Waals surface area contributed by atoms with Crippen LogP contribution in [0.2, 0.25) is 0 Å². The fourth-order valence-electron chi connectivity index (χ4n) is 2.83. The molecular formula is C21H19BrF2N2O2. The lowest BCUT2D eigenvalue weighted by molar-refractivity contribution is -0.131. The number of carbonyl (C=O) groups is 1. The van der Waals surface area contributed by atoms with Crippen LogP contribution in [0, 0.1) is 11.6 Å². The van der Waals surface area contributed by atoms with Crippen LogP contribution in [0.25, 0.3) is 11.3 Å². The van der Waals surface area contributed by atoms with E-state index in [1.807, 2.05) is 6.92 Å². The summed E-state index contributed by atoms with van der Waals surface area (Å²) in [7, 11) is 0. The summed E-state index contributed by atoms with van der Waals surface area (Å²) < 4.78 is 34.1. The molecule has 28 heavy (non-hydrogen) atoms. The summed E-state index contributed by atoms with van der Waals surface area (Å²) in [5.41, 5.74) is 0.774. The minimum absolute atomic E-state index is 0.132. The Hall–Kier alpha value is -2.54. The van der Waals surface area contributed by atoms with Crippen molar-refractivity contribution in [3.8, 4) is 11.3 Å². The number of aryl methyl sites for hydroxylation is 1. The van der Waals surface area contributed by atoms with Crippen LogP contribution in [0.1, 0.15) is 24.8 Å². The molecule has 3 aromatic rings. The number of hydrogen-bond acceptors (Lipinski definition) is 3. The van der Waals surface area contributed by atoms with E-state index in [-0.39, 0.29) is 31.1 Å². The molecular weight excluding hydrogens is 430 g/mol. The van der Waals surface area contributed by atoms with Crippen molar-refractivity contribution >= 4 is 21.8 Å². The molecule has 3 rings (SSSR count). The molecule has 1 aromatic heterocycles. The van der Waals surface area contributed by atoms with Crippen molar-refractivity contribution in [3.63, 3.8) is 0 Å². The molecule has 0 spiro atoms. The molecule has 0 saturated heterocycles. The first-order chi connectivity index (χ1) is 13.5. The van der Waals surface area contributed by atoms with Gasteiger partial charge in [-0.2, -0.15) is 0 Å². The molecule has 2 aromatic carbocycles. The molecule has 146 valence electrons. The molecule has 1 amide bonds. The van der Waals surface area contributed by atoms with Crippen molar-refractivity contribution in [1.29, 1.82) is 0 Å². The molecule has 0 aliphatic heterocycles. The molecule has 0 fully saturated rings. The number of carbonyl (C=O) groups excluding carboxylic acids is 1. The predicted molar refractivity (Wildman–Crippen MR) is 105 cm³/mol. The highest BCUT2D eigenvalue weighted by molar-refractivity contribution is 9.10. The van der Waals surface area contributed by atoms with Gasteiger partial charge in [0.15, 0.2) is 11.7 Å². The Bertz CT molecular complexity index is 975. The maximum Gasteiger partial charge on any atom is 0.223 e. The highest BCUT2D eigenvalue weighted by atomic mass is 79.9. The molecule has 0 unspecified atom stereocenters. The standard InChI is InChI=1S/C21H19BrF2N2O2/c1-2-26(13-14-11-15(22)7-8-17(14)23)21(27)10-9-20-25-12-19(28-20)16-5-3-4-6-18(16)24/h3-8,11-12H,2,9-10,13H2,1H3. The number of aromatic nitrogens is 1. The Labute approximate surface area is 170 Å². The van der Waals surface area contributed by atoms with Gasteiger partial charge in [-0.3, -0.25) is 4.79 Å². The number of rotatable bonds is 7. The van der Waals surface area contributed by atoms with E-state index in [0.29, 0.717) is 29.3 Å². The minimum Gasteiger partial charge on any atom is -0.441 e. The van der Waals surface area contributed by atoms with Crippen LogP contribution in [0.3, 0.4) is 0 Å². The van der Waals surface area contributed by atoms with E-state index in [1.165, 1.54) is 18.3 Å². The van der Waals surface area contributed by atoms with Gasteiger partial charge in [-0.05, 0) is 37.3 Å². The fourth-order valence-corrected chi connectivity index (χ4v) is 3.24. The summed E-state index contributed by atoms with van der Waals surface area (Å²) in [6.45, 7) is 2.48. The smallest absolute Gasteiger partial charge is 0.223 e. The maximum absolute atomic E-state index is 14.0. The lowest BCUT2D eigenvalue weighted by Gasteiger charge is -2.21. The van der Waals surface area contributed by atoms with E-state index in [0.717, 1.165) is 4.47 Å². The second-order valence-electron chi connectivity index (χ2n) is 6.24. The quantitative estimate of drug-likeness (QED) is 0.488. The molecule has 0 aliphatic carbocycles. The Balaban J connectivity index is 1.63. The van der Waals surface area contributed by atoms with E-state index in [9.17, 15) is 13.6 Å². The second-order valence-corrected chi connectivity index (χ2v) is 7.16. The molecule has 0 N–H and O–H groups in total. The summed E-state index contributed by atoms with van der Waals surface area (Å²) >= 11 is 3.32. The first-order valence-corrected chi connectivity index (χ1v) is 9.68. The third-order valence-corrected chi connectivity index (χ3v) is 4.84. The summed E-state index contributed by atoms with van der Waals surface area (Å²) in [6, 6.07) is 10.9. The second kappa shape index (κ2) is 9.10. The molecule has 0 atom stereocenters. The van der Waals surface area contributed by atoms with Crippen molar-refractivity contribution in [2.24, 2.45) is 0 Å². The van der Waals surface area contributed by atoms with Crippen molar-refractivity contribution < 1.29 is 18.0 Å². The van der Waals surface area contributed by atoms with Gasteiger partial charge in [-0.25, -0.2) is 13.8 Å². The zero-order valence-electron chi connectivity index (χ0n) is 15.3. The molecule has 0 aliphatic rings. The molecule has 0 saturated carbocycles. The average Bonchev–Trinajstić information content (AvgIpc) is 3.16. The summed E-state index contributed by atoms with van der Waals surface area (Å²) in [5, 5.41) is 0. The van der Waals surface area contributed by atoms with E-state index >= 15 is 0 Å². The summed E-state index contributed by atoms with van der Waals surface area (Å²) in [4.78, 5) is 18.2. The van der Waals surface area contributed by atoms with Crippen molar-refractivity contribution in [2.75, 3.05) is 6.54 Å². The SMILES string of the molecule is CCN(Cc1cc(Br)ccc1F)C(=O)CCc1ncc(-c2ccccc2F)o1. The van der Waals surface area contributed by atoms with Gasteiger partial charge in [-0.1, -0.05) is 28.1 Å². The lowest BCUT2D eigenvalue weighted by atomic mass is 10.2. The van der Waals surface area contributed by atoms with Crippen LogP contribution < -0.4 is 0 Å². The van der Waals surface area contributed by atoms with Crippen molar-refractivity contribution in [3.05, 3.63) is 76.2 Å². The van der Waals surface area contributed by atoms with Crippen LogP contribution in [-0.4, -0.2) is 22.3 Å². The van der Waals surface area contributed by atoms with E-state index in [2.05, 4.69) is 20.9 Å². The molecule has 7 heteroatoms. The Morgan fingerprint density at radius 3 is 2.71 bits per heavy atom. The predicted octanol–water partition coefficient (Wildman–Crippen LogP) is 5.36. The number of nitrogens with zero attached hydrogens (tertiary/aromatic N) is 2. The highest BCUT2D eigenvalue weighted by Crippen LogP contribution is 2.24. The van der Waals surface area contributed by atoms with Crippen LogP contribution in [-0.2, 0) is 17.8 Å². The van der Waals surface area contributed by atoms with Gasteiger partial charge in [0.25, 0.3) is 0 Å². The van der Waals surface area contributed by atoms with Gasteiger partial charge in [0.1, 0.15) is 11.6 Å². The Morgan fingerprint density at radius 2 is 1.96 bits per heavy atom. The number of amides is 1. The van der Waals surface area contributed by atoms with Gasteiger partial charge >= 0.3 is 0 Å². The van der Waals surface area contributed by atoms with Crippen LogP contribution in [0.4, 0.5) is 8.78 Å². The Kier molecular flexibility index (Phi) is 6.57. The average molecular weight is 449 g/mol. The first kappa shape index (κ1) is 20.2. The van der Waals surface area contributed by atoms with Crippen molar-refractivity contribution in [2.45, 2.75) is 26.3 Å². The van der Waals surface area contributed by atoms with Crippen LogP contribution in [0.15, 0.2) is 57.6 Å². The van der Waals surface area contributed by atoms with Gasteiger partial charge in [0.05, 0.1) is 11.8 Å². The highest BCUT2D eigenvalue weighted by Gasteiger charge is 2.17. The van der Waals surface area contributed by atoms with Crippen LogP contribution >= 0.6 is 15.9 Å². The van der Waals surface area contributed by atoms with Crippen molar-refractivity contribution in [1.82, 2.24) is 9.88 Å². The van der Waals surface area contributed by atoms with Gasteiger partial charge in [-0.15, -0.1) is 0 Å². The minimum atomic E-state index is -0.394. The number of halogens is 3. The topological polar surface area (TPSA) is 46.3 Å². The fraction of sp³-hybridized carbons (Fsp3) is 0.238. The van der Waals surface area contributed by atoms with Gasteiger partial charge in [0, 0.05) is 36.0 Å². The Morgan fingerprint density at radius 1 is 1.18 bits per heavy atom. The van der Waals surface area contributed by atoms with E-state index < -0.39 is 5.82 Å². The van der Waals surface area contributed by atoms with E-state index in [1.54, 1.807) is 35.2 Å². The van der Waals surface area contributed by atoms with E-state index in [4.69, 9.17) is 4.42 Å². The zero-order chi connectivity index (χ0) is 20.1. The summed E-state index contributed by atoms with van der Waals surface area (Å²) in [5.74, 6) is -0.195. The molecule has 1 heterocycles. The van der Waals surface area contributed by atoms with Crippen LogP contribution in [0.5, 0.6) is 0 Å². The lowest BCUT2D eigenvalue weighted by Crippen LogP contribution is -2.30. The molecule has 0 bridgehead atoms. The normalized spacial score (nSPS) is 10.9. The van der Waals surface area contributed by atoms with Gasteiger partial charge in [0.2, 0.25) is 5.91 Å². The number of oxazole rings is 1. The number of hydrogen-bond donors (Lipinski definition) is 0. The monoisotopic (exact) mass is 448 g/mol. The third kappa shape index (κ3) is 4.84. The zero-order valence-corrected chi connectivity index (χ0v) is 16.9. The maximum atomic E-state index is 14.0. The largest absolute Gasteiger partial charge is 0.441 e. The first-order valence-electron chi connectivity index (χ1n) is 8.89. The number of benzene rings is 2. The third-order valence-electron chi connectivity index (χ3n) is 4.35. The summed E-state index contributed by atoms with van der Waals surface area (Å²) in [6.07, 6.45) is 1.90. The van der Waals surface area contributed by atoms with Gasteiger partial charge < -0.3 is 9.32 Å². The molecule has 0 radical (unpaired) electrons.